The van der Waals surface area contributed by atoms with Gasteiger partial charge in [-0.15, -0.1) is 0 Å². The Hall–Kier alpha value is 1.22. The van der Waals surface area contributed by atoms with Gasteiger partial charge in [-0.2, -0.15) is 0 Å². The monoisotopic (exact) mass is 356 g/mol. The molecule has 0 rings (SSSR count). The molecular formula is H16B4O13Sr. The molecule has 0 aromatic rings. The fourth-order valence-corrected chi connectivity index (χ4v) is 0. The molecule has 0 aliphatic rings. The van der Waals surface area contributed by atoms with Crippen molar-refractivity contribution in [2.24, 2.45) is 0 Å². The summed E-state index contributed by atoms with van der Waals surface area (Å²) >= 11 is 0. The van der Waals surface area contributed by atoms with Gasteiger partial charge in [-0.05, 0) is 0 Å². The van der Waals surface area contributed by atoms with E-state index in [9.17, 15) is 0 Å². The third-order valence-electron chi connectivity index (χ3n) is 0. The molecule has 0 aromatic heterocycles. The zero-order valence-corrected chi connectivity index (χ0v) is 8.18. The number of rotatable bonds is 0. The predicted octanol–water partition coefficient (Wildman–Crippen LogP) is -9.95. The van der Waals surface area contributed by atoms with Gasteiger partial charge in [-0.1, -0.05) is 0 Å². The predicted molar refractivity (Wildman–Crippen MR) is 61.8 cm³/mol. The Bertz CT molecular complexity index is 62.0. The zero-order chi connectivity index (χ0) is 14.3. The van der Waals surface area contributed by atoms with Crippen LogP contribution >= 0.6 is 0 Å². The molecule has 0 radical (unpaired) electrons. The molecule has 0 aliphatic heterocycles. The van der Waals surface area contributed by atoms with Crippen molar-refractivity contribution >= 4 is 74.8 Å². The summed E-state index contributed by atoms with van der Waals surface area (Å²) in [5, 5.41) is 86.0. The average Bonchev–Trinajstić information content (AvgIpc) is 1.76. The van der Waals surface area contributed by atoms with Crippen molar-refractivity contribution in [3.05, 3.63) is 0 Å². The molecule has 108 valence electrons. The Morgan fingerprint density at radius 3 is 0.333 bits per heavy atom. The van der Waals surface area contributed by atoms with Gasteiger partial charge in [0, 0.05) is 0 Å². The summed E-state index contributed by atoms with van der Waals surface area (Å²) in [6, 6.07) is 0. The van der Waals surface area contributed by atoms with Crippen LogP contribution in [0.2, 0.25) is 0 Å². The molecule has 0 saturated heterocycles. The van der Waals surface area contributed by atoms with Gasteiger partial charge < -0.3 is 65.8 Å². The molecule has 0 atom stereocenters. The second kappa shape index (κ2) is 30.9. The normalized spacial score (nSPS) is 6.00. The van der Waals surface area contributed by atoms with E-state index in [4.69, 9.17) is 60.3 Å². The summed E-state index contributed by atoms with van der Waals surface area (Å²) in [6.07, 6.45) is 0. The van der Waals surface area contributed by atoms with E-state index >= 15 is 0 Å². The quantitative estimate of drug-likeness (QED) is 0.180. The van der Waals surface area contributed by atoms with Gasteiger partial charge in [0.05, 0.1) is 0 Å². The molecule has 18 heteroatoms. The second-order valence-corrected chi connectivity index (χ2v) is 1.39. The van der Waals surface area contributed by atoms with Crippen LogP contribution < -0.4 is 0 Å². The van der Waals surface area contributed by atoms with E-state index in [1.807, 2.05) is 0 Å². The van der Waals surface area contributed by atoms with Crippen molar-refractivity contribution in [1.29, 1.82) is 0 Å². The third-order valence-corrected chi connectivity index (χ3v) is 0. The maximum absolute atomic E-state index is 7.17. The van der Waals surface area contributed by atoms with E-state index < -0.39 is 29.3 Å². The minimum atomic E-state index is -2.17. The Balaban J connectivity index is -0.0000000257. The van der Waals surface area contributed by atoms with Gasteiger partial charge >= 0.3 is 74.8 Å². The van der Waals surface area contributed by atoms with Crippen molar-refractivity contribution in [3.63, 3.8) is 0 Å². The van der Waals surface area contributed by atoms with Gasteiger partial charge in [0.1, 0.15) is 0 Å². The Labute approximate surface area is 140 Å². The summed E-state index contributed by atoms with van der Waals surface area (Å²) in [6.45, 7) is 0. The summed E-state index contributed by atoms with van der Waals surface area (Å²) in [5.41, 5.74) is 0. The second-order valence-electron chi connectivity index (χ2n) is 1.39. The Kier molecular flexibility index (Phi) is 62.7. The van der Waals surface area contributed by atoms with Gasteiger partial charge in [-0.25, -0.2) is 0 Å². The summed E-state index contributed by atoms with van der Waals surface area (Å²) < 4.78 is 0. The molecule has 0 saturated carbocycles. The fourth-order valence-electron chi connectivity index (χ4n) is 0. The van der Waals surface area contributed by atoms with Gasteiger partial charge in [0.2, 0.25) is 0 Å². The standard InChI is InChI=1S/4BH3O3.H2O.Sr.2H/c4*2-1(3)4;;;;/h4*2-4H;1H2;;;. The van der Waals surface area contributed by atoms with Crippen molar-refractivity contribution in [3.8, 4) is 0 Å². The molecule has 0 fully saturated rings. The molecule has 0 aliphatic carbocycles. The fraction of sp³-hybridized carbons (Fsp3) is 0. The van der Waals surface area contributed by atoms with Crippen LogP contribution in [0, 0.1) is 0 Å². The van der Waals surface area contributed by atoms with Crippen molar-refractivity contribution in [2.45, 2.75) is 0 Å². The Morgan fingerprint density at radius 1 is 0.333 bits per heavy atom. The van der Waals surface area contributed by atoms with E-state index in [1.54, 1.807) is 0 Å². The molecule has 0 spiro atoms. The molecule has 0 amide bonds. The van der Waals surface area contributed by atoms with Crippen LogP contribution in [0.5, 0.6) is 0 Å². The number of hydrogen-bond acceptors (Lipinski definition) is 12. The topological polar surface area (TPSA) is 274 Å². The van der Waals surface area contributed by atoms with Gasteiger partial charge in [0.15, 0.2) is 0 Å². The van der Waals surface area contributed by atoms with Crippen LogP contribution in [0.4, 0.5) is 0 Å². The van der Waals surface area contributed by atoms with Crippen LogP contribution in [0.25, 0.3) is 0 Å². The van der Waals surface area contributed by atoms with Crippen molar-refractivity contribution in [2.75, 3.05) is 0 Å². The first-order valence-electron chi connectivity index (χ1n) is 3.10. The summed E-state index contributed by atoms with van der Waals surface area (Å²) in [7, 11) is -8.67. The molecule has 13 nitrogen and oxygen atoms in total. The SMILES string of the molecule is O.OB(O)O.OB(O)O.OB(O)O.OB(O)O.[SrH2]. The van der Waals surface area contributed by atoms with Crippen LogP contribution in [0.15, 0.2) is 0 Å². The van der Waals surface area contributed by atoms with E-state index in [0.717, 1.165) is 0 Å². The van der Waals surface area contributed by atoms with Crippen LogP contribution in [-0.4, -0.2) is 141 Å². The van der Waals surface area contributed by atoms with E-state index in [0.29, 0.717) is 0 Å². The van der Waals surface area contributed by atoms with Crippen molar-refractivity contribution in [1.82, 2.24) is 0 Å². The van der Waals surface area contributed by atoms with Crippen molar-refractivity contribution < 1.29 is 65.8 Å². The van der Waals surface area contributed by atoms with E-state index in [-0.39, 0.29) is 51.0 Å². The average molecular weight is 355 g/mol. The molecule has 0 aromatic carbocycles. The Morgan fingerprint density at radius 2 is 0.333 bits per heavy atom. The van der Waals surface area contributed by atoms with Crippen LogP contribution in [-0.2, 0) is 0 Å². The minimum absolute atomic E-state index is 0. The zero-order valence-electron chi connectivity index (χ0n) is 8.18. The first kappa shape index (κ1) is 36.5. The van der Waals surface area contributed by atoms with E-state index in [1.165, 1.54) is 0 Å². The maximum atomic E-state index is 7.17. The summed E-state index contributed by atoms with van der Waals surface area (Å²) in [4.78, 5) is 0. The molecule has 0 unspecified atom stereocenters. The van der Waals surface area contributed by atoms with Crippen LogP contribution in [0.3, 0.4) is 0 Å². The van der Waals surface area contributed by atoms with Gasteiger partial charge in [0.25, 0.3) is 0 Å². The van der Waals surface area contributed by atoms with Crippen LogP contribution in [0.1, 0.15) is 0 Å². The number of hydrogen-bond donors (Lipinski definition) is 12. The molecule has 14 N–H and O–H groups in total. The molecular weight excluding hydrogens is 339 g/mol. The third kappa shape index (κ3) is 3040. The molecule has 0 bridgehead atoms. The summed E-state index contributed by atoms with van der Waals surface area (Å²) in [5.74, 6) is 0. The molecule has 18 heavy (non-hydrogen) atoms. The first-order chi connectivity index (χ1) is 6.93. The van der Waals surface area contributed by atoms with Gasteiger partial charge in [-0.3, -0.25) is 0 Å². The van der Waals surface area contributed by atoms with E-state index in [2.05, 4.69) is 0 Å². The molecule has 0 heterocycles. The first-order valence-corrected chi connectivity index (χ1v) is 3.10.